The van der Waals surface area contributed by atoms with E-state index in [2.05, 4.69) is 11.4 Å². The third-order valence-electron chi connectivity index (χ3n) is 7.31. The minimum atomic E-state index is -0.974. The summed E-state index contributed by atoms with van der Waals surface area (Å²) in [6, 6.07) is 14.5. The number of oxazole rings is 1. The van der Waals surface area contributed by atoms with Crippen molar-refractivity contribution in [2.75, 3.05) is 26.3 Å². The van der Waals surface area contributed by atoms with Crippen LogP contribution >= 0.6 is 0 Å². The van der Waals surface area contributed by atoms with Gasteiger partial charge in [-0.15, -0.1) is 0 Å². The van der Waals surface area contributed by atoms with Crippen molar-refractivity contribution in [2.24, 2.45) is 7.05 Å². The minimum Gasteiger partial charge on any atom is -0.444 e. The average Bonchev–Trinajstić information content (AvgIpc) is 3.07. The molecule has 1 aromatic heterocycles. The van der Waals surface area contributed by atoms with Gasteiger partial charge < -0.3 is 28.8 Å². The van der Waals surface area contributed by atoms with Crippen LogP contribution in [0.2, 0.25) is 0 Å². The van der Waals surface area contributed by atoms with Crippen LogP contribution in [0.5, 0.6) is 0 Å². The summed E-state index contributed by atoms with van der Waals surface area (Å²) in [5.41, 5.74) is 2.58. The molecule has 0 bridgehead atoms. The Hall–Kier alpha value is -4.14. The second-order valence-corrected chi connectivity index (χ2v) is 11.6. The van der Waals surface area contributed by atoms with E-state index < -0.39 is 41.1 Å². The number of nitriles is 1. The topological polar surface area (TPSA) is 136 Å². The maximum absolute atomic E-state index is 13.2. The van der Waals surface area contributed by atoms with Gasteiger partial charge in [-0.25, -0.2) is 9.59 Å². The van der Waals surface area contributed by atoms with E-state index in [-0.39, 0.29) is 26.1 Å². The molecule has 41 heavy (non-hydrogen) atoms. The maximum atomic E-state index is 13.2. The fourth-order valence-electron chi connectivity index (χ4n) is 4.99. The van der Waals surface area contributed by atoms with Crippen LogP contribution in [-0.4, -0.2) is 71.1 Å². The Kier molecular flexibility index (Phi) is 7.64. The number of hydrogen-bond donors (Lipinski definition) is 1. The first-order valence-electron chi connectivity index (χ1n) is 13.6. The average molecular weight is 563 g/mol. The molecule has 2 saturated heterocycles. The molecule has 3 heterocycles. The Labute approximate surface area is 237 Å². The summed E-state index contributed by atoms with van der Waals surface area (Å²) in [5, 5.41) is 12.6. The van der Waals surface area contributed by atoms with E-state index in [0.717, 1.165) is 16.7 Å². The summed E-state index contributed by atoms with van der Waals surface area (Å²) in [6.07, 6.45) is -0.515. The number of carbonyl (C=O) groups is 2. The fourth-order valence-corrected chi connectivity index (χ4v) is 4.99. The Balaban J connectivity index is 1.24. The zero-order valence-corrected chi connectivity index (χ0v) is 23.6. The van der Waals surface area contributed by atoms with Gasteiger partial charge in [-0.2, -0.15) is 5.26 Å². The summed E-state index contributed by atoms with van der Waals surface area (Å²) in [6.45, 7) is 6.34. The Bertz CT molecular complexity index is 1540. The number of aryl methyl sites for hydroxylation is 1. The molecule has 2 amide bonds. The van der Waals surface area contributed by atoms with Gasteiger partial charge in [0, 0.05) is 19.9 Å². The van der Waals surface area contributed by atoms with Crippen molar-refractivity contribution >= 4 is 23.1 Å². The SMILES string of the molecule is Cn1c(=O)oc2ccc(-c3ccc(C[C@@H](C#N)NC(=O)[C@@H]4CN(C(=O)OC(C)(C)C)C[C@@]5(CCO5)CO4)cc3)cc21. The zero-order valence-electron chi connectivity index (χ0n) is 23.6. The van der Waals surface area contributed by atoms with Crippen LogP contribution in [0, 0.1) is 11.3 Å². The lowest BCUT2D eigenvalue weighted by Crippen LogP contribution is -2.55. The van der Waals surface area contributed by atoms with Crippen molar-refractivity contribution in [2.45, 2.75) is 57.0 Å². The first-order chi connectivity index (χ1) is 19.4. The zero-order chi connectivity index (χ0) is 29.4. The number of ether oxygens (including phenoxy) is 3. The summed E-state index contributed by atoms with van der Waals surface area (Å²) in [7, 11) is 1.66. The highest BCUT2D eigenvalue weighted by Crippen LogP contribution is 2.31. The van der Waals surface area contributed by atoms with Crippen LogP contribution in [-0.2, 0) is 32.5 Å². The Morgan fingerprint density at radius 3 is 2.54 bits per heavy atom. The number of amides is 2. The molecule has 216 valence electrons. The lowest BCUT2D eigenvalue weighted by Gasteiger charge is -2.42. The molecular weight excluding hydrogens is 528 g/mol. The molecule has 11 heteroatoms. The molecule has 3 atom stereocenters. The number of nitrogens with one attached hydrogen (secondary N) is 1. The van der Waals surface area contributed by atoms with Gasteiger partial charge in [0.2, 0.25) is 0 Å². The molecule has 3 aromatic rings. The first-order valence-corrected chi connectivity index (χ1v) is 13.6. The highest BCUT2D eigenvalue weighted by atomic mass is 16.6. The number of carbonyl (C=O) groups excluding carboxylic acids is 2. The predicted octanol–water partition coefficient (Wildman–Crippen LogP) is 3.14. The highest BCUT2D eigenvalue weighted by Gasteiger charge is 2.46. The van der Waals surface area contributed by atoms with Gasteiger partial charge in [-0.3, -0.25) is 9.36 Å². The van der Waals surface area contributed by atoms with Crippen LogP contribution in [0.1, 0.15) is 32.8 Å². The van der Waals surface area contributed by atoms with Crippen LogP contribution < -0.4 is 11.1 Å². The standard InChI is InChI=1S/C30H34N4O7/c1-29(2,3)41-28(37)34-16-25(38-18-30(17-34)11-12-39-30)26(35)32-22(15-31)13-19-5-7-20(8-6-19)21-9-10-24-23(14-21)33(4)27(36)40-24/h5-10,14,22,25H,11-13,16-18H2,1-4H3,(H,32,35)/t22-,25-,30-/m0/s1. The smallest absolute Gasteiger partial charge is 0.419 e. The van der Waals surface area contributed by atoms with Crippen LogP contribution in [0.3, 0.4) is 0 Å². The molecule has 0 unspecified atom stereocenters. The lowest BCUT2D eigenvalue weighted by molar-refractivity contribution is -0.182. The van der Waals surface area contributed by atoms with E-state index in [9.17, 15) is 19.6 Å². The van der Waals surface area contributed by atoms with Gasteiger partial charge >= 0.3 is 11.8 Å². The van der Waals surface area contributed by atoms with E-state index in [0.29, 0.717) is 24.1 Å². The van der Waals surface area contributed by atoms with E-state index >= 15 is 0 Å². The number of nitrogens with zero attached hydrogens (tertiary/aromatic N) is 3. The first kappa shape index (κ1) is 28.4. The van der Waals surface area contributed by atoms with Gasteiger partial charge in [-0.05, 0) is 49.6 Å². The van der Waals surface area contributed by atoms with Crippen LogP contribution in [0.4, 0.5) is 4.79 Å². The number of hydrogen-bond acceptors (Lipinski definition) is 8. The molecule has 2 aliphatic rings. The van der Waals surface area contributed by atoms with Gasteiger partial charge in [0.05, 0.1) is 37.9 Å². The molecule has 0 saturated carbocycles. The number of aromatic nitrogens is 1. The van der Waals surface area contributed by atoms with E-state index in [4.69, 9.17) is 18.6 Å². The summed E-state index contributed by atoms with van der Waals surface area (Å²) < 4.78 is 23.9. The van der Waals surface area contributed by atoms with Gasteiger partial charge in [0.25, 0.3) is 5.91 Å². The van der Waals surface area contributed by atoms with Gasteiger partial charge in [0.15, 0.2) is 11.7 Å². The maximum Gasteiger partial charge on any atom is 0.419 e. The number of rotatable bonds is 5. The lowest BCUT2D eigenvalue weighted by atomic mass is 9.95. The quantitative estimate of drug-likeness (QED) is 0.501. The molecule has 0 radical (unpaired) electrons. The molecule has 1 N–H and O–H groups in total. The normalized spacial score (nSPS) is 21.5. The third kappa shape index (κ3) is 6.29. The molecular formula is C30H34N4O7. The number of benzene rings is 2. The second-order valence-electron chi connectivity index (χ2n) is 11.6. The van der Waals surface area contributed by atoms with Crippen molar-refractivity contribution in [1.82, 2.24) is 14.8 Å². The van der Waals surface area contributed by atoms with Crippen LogP contribution in [0.25, 0.3) is 22.2 Å². The molecule has 2 aliphatic heterocycles. The van der Waals surface area contributed by atoms with E-state index in [1.165, 1.54) is 9.47 Å². The molecule has 2 fully saturated rings. The Morgan fingerprint density at radius 1 is 1.20 bits per heavy atom. The summed E-state index contributed by atoms with van der Waals surface area (Å²) in [4.78, 5) is 39.4. The Morgan fingerprint density at radius 2 is 1.90 bits per heavy atom. The molecule has 2 aromatic carbocycles. The van der Waals surface area contributed by atoms with E-state index in [1.54, 1.807) is 33.9 Å². The second kappa shape index (κ2) is 11.0. The van der Waals surface area contributed by atoms with Crippen molar-refractivity contribution in [3.8, 4) is 17.2 Å². The summed E-state index contributed by atoms with van der Waals surface area (Å²) in [5.74, 6) is -0.892. The molecule has 5 rings (SSSR count). The minimum absolute atomic E-state index is 0.00863. The predicted molar refractivity (Wildman–Crippen MR) is 149 cm³/mol. The summed E-state index contributed by atoms with van der Waals surface area (Å²) >= 11 is 0. The van der Waals surface area contributed by atoms with Gasteiger partial charge in [0.1, 0.15) is 17.2 Å². The van der Waals surface area contributed by atoms with Gasteiger partial charge in [-0.1, -0.05) is 30.3 Å². The monoisotopic (exact) mass is 562 g/mol. The van der Waals surface area contributed by atoms with Crippen molar-refractivity contribution in [1.29, 1.82) is 5.26 Å². The van der Waals surface area contributed by atoms with Crippen molar-refractivity contribution in [3.05, 3.63) is 58.6 Å². The molecule has 1 spiro atoms. The largest absolute Gasteiger partial charge is 0.444 e. The molecule has 11 nitrogen and oxygen atoms in total. The molecule has 0 aliphatic carbocycles. The third-order valence-corrected chi connectivity index (χ3v) is 7.31. The van der Waals surface area contributed by atoms with Crippen LogP contribution in [0.15, 0.2) is 51.7 Å². The fraction of sp³-hybridized carbons (Fsp3) is 0.467. The highest BCUT2D eigenvalue weighted by molar-refractivity contribution is 5.83. The van der Waals surface area contributed by atoms with E-state index in [1.807, 2.05) is 36.4 Å². The van der Waals surface area contributed by atoms with Crippen molar-refractivity contribution < 1.29 is 28.2 Å². The number of fused-ring (bicyclic) bond motifs is 1. The van der Waals surface area contributed by atoms with Crippen molar-refractivity contribution in [3.63, 3.8) is 0 Å².